The van der Waals surface area contributed by atoms with Crippen LogP contribution >= 0.6 is 0 Å². The predicted octanol–water partition coefficient (Wildman–Crippen LogP) is 14.4. The molecular formula is C47H93NO3. The molecule has 0 aromatic carbocycles. The van der Waals surface area contributed by atoms with Crippen LogP contribution in [0, 0.1) is 0 Å². The summed E-state index contributed by atoms with van der Waals surface area (Å²) in [6, 6.07) is -0.950. The van der Waals surface area contributed by atoms with Gasteiger partial charge in [0.2, 0.25) is 0 Å². The van der Waals surface area contributed by atoms with Crippen LogP contribution in [0.1, 0.15) is 264 Å². The quantitative estimate of drug-likeness (QED) is 0.0433. The lowest BCUT2D eigenvalue weighted by atomic mass is 9.97. The van der Waals surface area contributed by atoms with Gasteiger partial charge in [-0.15, -0.1) is 0 Å². The molecule has 0 aromatic rings. The van der Waals surface area contributed by atoms with Gasteiger partial charge in [-0.05, 0) is 19.3 Å². The van der Waals surface area contributed by atoms with Gasteiger partial charge in [0.1, 0.15) is 6.10 Å². The Hall–Kier alpha value is -0.710. The van der Waals surface area contributed by atoms with E-state index in [9.17, 15) is 15.0 Å². The van der Waals surface area contributed by atoms with Crippen molar-refractivity contribution in [3.05, 3.63) is 12.2 Å². The van der Waals surface area contributed by atoms with E-state index in [1.165, 1.54) is 212 Å². The lowest BCUT2D eigenvalue weighted by Gasteiger charge is -2.21. The zero-order valence-corrected chi connectivity index (χ0v) is 34.8. The van der Waals surface area contributed by atoms with E-state index in [1.54, 1.807) is 6.08 Å². The van der Waals surface area contributed by atoms with E-state index in [-0.39, 0.29) is 5.78 Å². The lowest BCUT2D eigenvalue weighted by molar-refractivity contribution is -0.129. The number of Topliss-reactive ketones (excluding diaryl/α,β-unsaturated/α-hetero) is 1. The van der Waals surface area contributed by atoms with Crippen molar-refractivity contribution in [2.24, 2.45) is 5.73 Å². The van der Waals surface area contributed by atoms with E-state index in [0.29, 0.717) is 6.42 Å². The number of allylic oxidation sites excluding steroid dienone is 1. The van der Waals surface area contributed by atoms with E-state index in [0.717, 1.165) is 32.1 Å². The summed E-state index contributed by atoms with van der Waals surface area (Å²) in [6.07, 6.45) is 52.5. The average Bonchev–Trinajstić information content (AvgIpc) is 3.14. The first-order valence-electron chi connectivity index (χ1n) is 23.4. The van der Waals surface area contributed by atoms with Crippen LogP contribution in [0.15, 0.2) is 12.2 Å². The molecule has 4 heteroatoms. The van der Waals surface area contributed by atoms with Gasteiger partial charge < -0.3 is 15.9 Å². The summed E-state index contributed by atoms with van der Waals surface area (Å²) in [5.41, 5.74) is 6.05. The predicted molar refractivity (Wildman–Crippen MR) is 226 cm³/mol. The van der Waals surface area contributed by atoms with E-state index in [1.807, 2.05) is 6.08 Å². The molecule has 0 aromatic heterocycles. The molecule has 0 heterocycles. The average molecular weight is 720 g/mol. The second kappa shape index (κ2) is 42.0. The molecule has 304 valence electrons. The molecule has 0 rings (SSSR count). The van der Waals surface area contributed by atoms with E-state index >= 15 is 0 Å². The van der Waals surface area contributed by atoms with Gasteiger partial charge in [0.25, 0.3) is 0 Å². The van der Waals surface area contributed by atoms with Gasteiger partial charge in [-0.2, -0.15) is 0 Å². The SMILES string of the molecule is CCCCCCCCCCCCCCCCC/C=C/C(O)C(N)C(O)C(=O)CCCCCCCCCCCCCCCCCCCCCCCC. The van der Waals surface area contributed by atoms with Crippen LogP contribution < -0.4 is 5.73 Å². The third kappa shape index (κ3) is 37.4. The molecule has 0 radical (unpaired) electrons. The lowest BCUT2D eigenvalue weighted by Crippen LogP contribution is -2.47. The van der Waals surface area contributed by atoms with Gasteiger partial charge in [0.05, 0.1) is 12.1 Å². The Labute approximate surface area is 320 Å². The second-order valence-electron chi connectivity index (χ2n) is 16.3. The number of nitrogens with two attached hydrogens (primary N) is 1. The van der Waals surface area contributed by atoms with Gasteiger partial charge in [0, 0.05) is 6.42 Å². The highest BCUT2D eigenvalue weighted by atomic mass is 16.3. The number of carbonyl (C=O) groups excluding carboxylic acids is 1. The number of hydrogen-bond acceptors (Lipinski definition) is 4. The third-order valence-corrected chi connectivity index (χ3v) is 11.2. The van der Waals surface area contributed by atoms with Crippen molar-refractivity contribution < 1.29 is 15.0 Å². The van der Waals surface area contributed by atoms with Gasteiger partial charge >= 0.3 is 0 Å². The topological polar surface area (TPSA) is 83.6 Å². The largest absolute Gasteiger partial charge is 0.387 e. The summed E-state index contributed by atoms with van der Waals surface area (Å²) in [7, 11) is 0. The number of unbranched alkanes of at least 4 members (excludes halogenated alkanes) is 36. The van der Waals surface area contributed by atoms with Gasteiger partial charge in [-0.25, -0.2) is 0 Å². The van der Waals surface area contributed by atoms with Crippen molar-refractivity contribution in [3.8, 4) is 0 Å². The molecule has 0 fully saturated rings. The summed E-state index contributed by atoms with van der Waals surface area (Å²) in [5, 5.41) is 20.8. The molecule has 0 bridgehead atoms. The zero-order valence-electron chi connectivity index (χ0n) is 34.8. The minimum Gasteiger partial charge on any atom is -0.387 e. The fourth-order valence-corrected chi connectivity index (χ4v) is 7.45. The smallest absolute Gasteiger partial charge is 0.162 e. The summed E-state index contributed by atoms with van der Waals surface area (Å²) in [6.45, 7) is 4.57. The maximum absolute atomic E-state index is 12.5. The van der Waals surface area contributed by atoms with Gasteiger partial charge in [0.15, 0.2) is 5.78 Å². The number of ketones is 1. The molecule has 0 spiro atoms. The maximum atomic E-state index is 12.5. The summed E-state index contributed by atoms with van der Waals surface area (Å²) in [5.74, 6) is -0.231. The Morgan fingerprint density at radius 2 is 0.686 bits per heavy atom. The zero-order chi connectivity index (χ0) is 37.3. The van der Waals surface area contributed by atoms with Crippen LogP contribution in [-0.4, -0.2) is 34.2 Å². The molecule has 0 saturated carbocycles. The second-order valence-corrected chi connectivity index (χ2v) is 16.3. The molecular weight excluding hydrogens is 627 g/mol. The van der Waals surface area contributed by atoms with E-state index in [2.05, 4.69) is 13.8 Å². The highest BCUT2D eigenvalue weighted by Gasteiger charge is 2.26. The molecule has 3 atom stereocenters. The van der Waals surface area contributed by atoms with Crippen molar-refractivity contribution in [1.82, 2.24) is 0 Å². The monoisotopic (exact) mass is 720 g/mol. The van der Waals surface area contributed by atoms with Crippen molar-refractivity contribution in [2.45, 2.75) is 283 Å². The number of aliphatic hydroxyl groups excluding tert-OH is 2. The van der Waals surface area contributed by atoms with E-state index < -0.39 is 18.2 Å². The van der Waals surface area contributed by atoms with Crippen LogP contribution in [0.25, 0.3) is 0 Å². The first-order valence-corrected chi connectivity index (χ1v) is 23.4. The minimum atomic E-state index is -1.29. The Morgan fingerprint density at radius 3 is 0.980 bits per heavy atom. The normalized spacial score (nSPS) is 13.7. The van der Waals surface area contributed by atoms with Crippen molar-refractivity contribution in [2.75, 3.05) is 0 Å². The third-order valence-electron chi connectivity index (χ3n) is 11.2. The van der Waals surface area contributed by atoms with Crippen LogP contribution in [-0.2, 0) is 4.79 Å². The molecule has 0 saturated heterocycles. The van der Waals surface area contributed by atoms with Crippen LogP contribution in [0.2, 0.25) is 0 Å². The summed E-state index contributed by atoms with van der Waals surface area (Å²) < 4.78 is 0. The molecule has 0 aliphatic carbocycles. The maximum Gasteiger partial charge on any atom is 0.162 e. The van der Waals surface area contributed by atoms with Crippen LogP contribution in [0.3, 0.4) is 0 Å². The fraction of sp³-hybridized carbons (Fsp3) is 0.936. The first kappa shape index (κ1) is 50.3. The molecule has 0 amide bonds. The summed E-state index contributed by atoms with van der Waals surface area (Å²) in [4.78, 5) is 12.5. The first-order chi connectivity index (χ1) is 25.0. The molecule has 4 N–H and O–H groups in total. The van der Waals surface area contributed by atoms with Crippen molar-refractivity contribution in [3.63, 3.8) is 0 Å². The summed E-state index contributed by atoms with van der Waals surface area (Å²) >= 11 is 0. The standard InChI is InChI=1S/C47H93NO3/c1-3-5-7-9-11-13-15-17-19-21-22-23-24-25-27-29-31-33-35-37-39-41-43-45(50)47(51)46(48)44(49)42-40-38-36-34-32-30-28-26-20-18-16-14-12-10-8-6-4-2/h40,42,44,46-47,49,51H,3-39,41,43,48H2,1-2H3/b42-40+. The van der Waals surface area contributed by atoms with Gasteiger partial charge in [-0.3, -0.25) is 4.79 Å². The van der Waals surface area contributed by atoms with Crippen LogP contribution in [0.5, 0.6) is 0 Å². The van der Waals surface area contributed by atoms with Crippen molar-refractivity contribution >= 4 is 5.78 Å². The number of carbonyl (C=O) groups is 1. The number of rotatable bonds is 43. The molecule has 0 aliphatic heterocycles. The molecule has 3 unspecified atom stereocenters. The fourth-order valence-electron chi connectivity index (χ4n) is 7.45. The Kier molecular flexibility index (Phi) is 41.5. The highest BCUT2D eigenvalue weighted by Crippen LogP contribution is 2.17. The Balaban J connectivity index is 3.51. The molecule has 51 heavy (non-hydrogen) atoms. The molecule has 0 aliphatic rings. The Morgan fingerprint density at radius 1 is 0.431 bits per heavy atom. The van der Waals surface area contributed by atoms with Crippen molar-refractivity contribution in [1.29, 1.82) is 0 Å². The van der Waals surface area contributed by atoms with Gasteiger partial charge in [-0.1, -0.05) is 251 Å². The van der Waals surface area contributed by atoms with Crippen LogP contribution in [0.4, 0.5) is 0 Å². The number of aliphatic hydroxyl groups is 2. The van der Waals surface area contributed by atoms with E-state index in [4.69, 9.17) is 5.73 Å². The number of hydrogen-bond donors (Lipinski definition) is 3. The molecule has 4 nitrogen and oxygen atoms in total. The highest BCUT2D eigenvalue weighted by molar-refractivity contribution is 5.83. The Bertz CT molecular complexity index is 710. The minimum absolute atomic E-state index is 0.231.